The third-order valence-electron chi connectivity index (χ3n) is 3.92. The lowest BCUT2D eigenvalue weighted by molar-refractivity contribution is 0.103. The molecule has 0 spiro atoms. The summed E-state index contributed by atoms with van der Waals surface area (Å²) in [5.41, 5.74) is 1.41. The summed E-state index contributed by atoms with van der Waals surface area (Å²) in [6, 6.07) is 16.8. The number of hydrogen-bond donors (Lipinski definition) is 0. The molecule has 23 heavy (non-hydrogen) atoms. The van der Waals surface area contributed by atoms with E-state index < -0.39 is 0 Å². The maximum absolute atomic E-state index is 12.3. The van der Waals surface area contributed by atoms with Gasteiger partial charge in [0.15, 0.2) is 5.78 Å². The first kappa shape index (κ1) is 17.3. The summed E-state index contributed by atoms with van der Waals surface area (Å²) in [4.78, 5) is 12.3. The van der Waals surface area contributed by atoms with Gasteiger partial charge in [0.25, 0.3) is 0 Å². The molecule has 0 unspecified atom stereocenters. The molecule has 0 fully saturated rings. The number of carbonyl (C=O) groups is 1. The van der Waals surface area contributed by atoms with Gasteiger partial charge in [-0.2, -0.15) is 0 Å². The van der Waals surface area contributed by atoms with Gasteiger partial charge in [-0.15, -0.1) is 0 Å². The van der Waals surface area contributed by atoms with Gasteiger partial charge in [-0.3, -0.25) is 4.79 Å². The van der Waals surface area contributed by atoms with Gasteiger partial charge in [-0.25, -0.2) is 0 Å². The van der Waals surface area contributed by atoms with Gasteiger partial charge in [-0.1, -0.05) is 69.4 Å². The van der Waals surface area contributed by atoms with E-state index in [-0.39, 0.29) is 5.78 Å². The van der Waals surface area contributed by atoms with Crippen LogP contribution in [-0.4, -0.2) is 12.4 Å². The molecule has 0 radical (unpaired) electrons. The molecule has 0 aromatic heterocycles. The van der Waals surface area contributed by atoms with Gasteiger partial charge in [0.2, 0.25) is 0 Å². The zero-order valence-electron chi connectivity index (χ0n) is 14.0. The van der Waals surface area contributed by atoms with E-state index >= 15 is 0 Å². The molecule has 0 amide bonds. The summed E-state index contributed by atoms with van der Waals surface area (Å²) in [5, 5.41) is 0. The first-order chi connectivity index (χ1) is 11.3. The van der Waals surface area contributed by atoms with Crippen LogP contribution in [0.15, 0.2) is 54.6 Å². The molecule has 0 saturated heterocycles. The molecule has 2 nitrogen and oxygen atoms in total. The van der Waals surface area contributed by atoms with Crippen molar-refractivity contribution in [1.29, 1.82) is 0 Å². The fraction of sp³-hybridized carbons (Fsp3) is 0.381. The lowest BCUT2D eigenvalue weighted by Gasteiger charge is -2.07. The van der Waals surface area contributed by atoms with E-state index in [9.17, 15) is 4.79 Å². The van der Waals surface area contributed by atoms with Gasteiger partial charge >= 0.3 is 0 Å². The summed E-state index contributed by atoms with van der Waals surface area (Å²) in [6.07, 6.45) is 7.55. The van der Waals surface area contributed by atoms with Crippen molar-refractivity contribution in [2.75, 3.05) is 6.61 Å². The van der Waals surface area contributed by atoms with Crippen LogP contribution in [0, 0.1) is 0 Å². The van der Waals surface area contributed by atoms with Crippen LogP contribution in [0.5, 0.6) is 5.75 Å². The van der Waals surface area contributed by atoms with Crippen LogP contribution >= 0.6 is 0 Å². The standard InChI is InChI=1S/C21H26O2/c1-2-3-4-5-6-10-17-23-20-15-13-19(14-16-20)21(22)18-11-8-7-9-12-18/h7-9,11-16H,2-6,10,17H2,1H3. The van der Waals surface area contributed by atoms with Crippen molar-refractivity contribution in [3.8, 4) is 5.75 Å². The maximum atomic E-state index is 12.3. The van der Waals surface area contributed by atoms with E-state index in [0.29, 0.717) is 11.1 Å². The Morgan fingerprint density at radius 2 is 1.39 bits per heavy atom. The number of ether oxygens (including phenoxy) is 1. The highest BCUT2D eigenvalue weighted by atomic mass is 16.5. The molecule has 0 heterocycles. The number of unbranched alkanes of at least 4 members (excludes halogenated alkanes) is 5. The fourth-order valence-corrected chi connectivity index (χ4v) is 2.53. The van der Waals surface area contributed by atoms with Crippen LogP contribution in [-0.2, 0) is 0 Å². The van der Waals surface area contributed by atoms with E-state index in [2.05, 4.69) is 6.92 Å². The van der Waals surface area contributed by atoms with Gasteiger partial charge in [0, 0.05) is 11.1 Å². The van der Waals surface area contributed by atoms with Crippen molar-refractivity contribution in [2.45, 2.75) is 45.4 Å². The maximum Gasteiger partial charge on any atom is 0.193 e. The van der Waals surface area contributed by atoms with E-state index in [0.717, 1.165) is 18.8 Å². The van der Waals surface area contributed by atoms with Gasteiger partial charge in [0.1, 0.15) is 5.75 Å². The highest BCUT2D eigenvalue weighted by molar-refractivity contribution is 6.08. The second kappa shape index (κ2) is 9.83. The van der Waals surface area contributed by atoms with Crippen molar-refractivity contribution in [1.82, 2.24) is 0 Å². The number of hydrogen-bond acceptors (Lipinski definition) is 2. The van der Waals surface area contributed by atoms with Crippen LogP contribution in [0.2, 0.25) is 0 Å². The average Bonchev–Trinajstić information content (AvgIpc) is 2.61. The molecule has 0 N–H and O–H groups in total. The van der Waals surface area contributed by atoms with Gasteiger partial charge in [-0.05, 0) is 30.7 Å². The zero-order valence-corrected chi connectivity index (χ0v) is 14.0. The Hall–Kier alpha value is -2.09. The van der Waals surface area contributed by atoms with Crippen molar-refractivity contribution in [2.24, 2.45) is 0 Å². The molecule has 0 saturated carbocycles. The second-order valence-corrected chi connectivity index (χ2v) is 5.84. The van der Waals surface area contributed by atoms with Crippen LogP contribution in [0.3, 0.4) is 0 Å². The Morgan fingerprint density at radius 1 is 0.783 bits per heavy atom. The first-order valence-electron chi connectivity index (χ1n) is 8.64. The largest absolute Gasteiger partial charge is 0.494 e. The predicted molar refractivity (Wildman–Crippen MR) is 95.2 cm³/mol. The lowest BCUT2D eigenvalue weighted by atomic mass is 10.0. The van der Waals surface area contributed by atoms with Gasteiger partial charge in [0.05, 0.1) is 6.61 Å². The monoisotopic (exact) mass is 310 g/mol. The molecule has 122 valence electrons. The average molecular weight is 310 g/mol. The van der Waals surface area contributed by atoms with Crippen LogP contribution < -0.4 is 4.74 Å². The molecule has 0 bridgehead atoms. The van der Waals surface area contributed by atoms with Crippen molar-refractivity contribution < 1.29 is 9.53 Å². The quantitative estimate of drug-likeness (QED) is 0.418. The molecule has 2 rings (SSSR count). The highest BCUT2D eigenvalue weighted by Gasteiger charge is 2.08. The summed E-state index contributed by atoms with van der Waals surface area (Å²) in [5.74, 6) is 0.885. The molecule has 2 aromatic carbocycles. The minimum Gasteiger partial charge on any atom is -0.494 e. The van der Waals surface area contributed by atoms with Crippen LogP contribution in [0.25, 0.3) is 0 Å². The third kappa shape index (κ3) is 5.90. The third-order valence-corrected chi connectivity index (χ3v) is 3.92. The molecule has 0 aliphatic heterocycles. The Morgan fingerprint density at radius 3 is 2.09 bits per heavy atom. The van der Waals surface area contributed by atoms with E-state index in [1.807, 2.05) is 54.6 Å². The van der Waals surface area contributed by atoms with E-state index in [1.165, 1.54) is 32.1 Å². The molecule has 2 heteroatoms. The molecular weight excluding hydrogens is 284 g/mol. The van der Waals surface area contributed by atoms with Crippen molar-refractivity contribution >= 4 is 5.78 Å². The van der Waals surface area contributed by atoms with Crippen LogP contribution in [0.4, 0.5) is 0 Å². The molecule has 0 aliphatic rings. The van der Waals surface area contributed by atoms with Crippen molar-refractivity contribution in [3.63, 3.8) is 0 Å². The molecule has 0 atom stereocenters. The van der Waals surface area contributed by atoms with Crippen LogP contribution in [0.1, 0.15) is 61.4 Å². The number of ketones is 1. The fourth-order valence-electron chi connectivity index (χ4n) is 2.53. The smallest absolute Gasteiger partial charge is 0.193 e. The number of rotatable bonds is 10. The summed E-state index contributed by atoms with van der Waals surface area (Å²) in [7, 11) is 0. The Labute approximate surface area is 139 Å². The SMILES string of the molecule is CCCCCCCCOc1ccc(C(=O)c2ccccc2)cc1. The minimum absolute atomic E-state index is 0.0491. The topological polar surface area (TPSA) is 26.3 Å². The second-order valence-electron chi connectivity index (χ2n) is 5.84. The van der Waals surface area contributed by atoms with Crippen molar-refractivity contribution in [3.05, 3.63) is 65.7 Å². The van der Waals surface area contributed by atoms with E-state index in [1.54, 1.807) is 0 Å². The lowest BCUT2D eigenvalue weighted by Crippen LogP contribution is -2.01. The summed E-state index contributed by atoms with van der Waals surface area (Å²) >= 11 is 0. The Kier molecular flexibility index (Phi) is 7.38. The normalized spacial score (nSPS) is 10.5. The summed E-state index contributed by atoms with van der Waals surface area (Å²) < 4.78 is 5.74. The first-order valence-corrected chi connectivity index (χ1v) is 8.64. The highest BCUT2D eigenvalue weighted by Crippen LogP contribution is 2.16. The Bertz CT molecular complexity index is 573. The molecule has 0 aliphatic carbocycles. The molecular formula is C21H26O2. The molecule has 2 aromatic rings. The Balaban J connectivity index is 1.75. The van der Waals surface area contributed by atoms with E-state index in [4.69, 9.17) is 4.74 Å². The minimum atomic E-state index is 0.0491. The number of carbonyl (C=O) groups excluding carboxylic acids is 1. The zero-order chi connectivity index (χ0) is 16.3. The predicted octanol–water partition coefficient (Wildman–Crippen LogP) is 5.66. The van der Waals surface area contributed by atoms with Gasteiger partial charge < -0.3 is 4.74 Å². The summed E-state index contributed by atoms with van der Waals surface area (Å²) in [6.45, 7) is 2.98. The number of benzene rings is 2.